The highest BCUT2D eigenvalue weighted by Crippen LogP contribution is 2.25. The van der Waals surface area contributed by atoms with Crippen molar-refractivity contribution in [2.75, 3.05) is 28.2 Å². The quantitative estimate of drug-likeness (QED) is 0.414. The third kappa shape index (κ3) is 5.80. The van der Waals surface area contributed by atoms with E-state index in [2.05, 4.69) is 22.1 Å². The van der Waals surface area contributed by atoms with Gasteiger partial charge in [0.15, 0.2) is 4.34 Å². The number of rotatable bonds is 8. The van der Waals surface area contributed by atoms with Gasteiger partial charge in [-0.3, -0.25) is 14.4 Å². The maximum absolute atomic E-state index is 13.4. The molecule has 0 atom stereocenters. The zero-order chi connectivity index (χ0) is 18.4. The lowest BCUT2D eigenvalue weighted by molar-refractivity contribution is -0.114. The summed E-state index contributed by atoms with van der Waals surface area (Å²) in [5, 5.41) is 10.5. The summed E-state index contributed by atoms with van der Waals surface area (Å²) in [4.78, 5) is 12.2. The predicted octanol–water partition coefficient (Wildman–Crippen LogP) is 2.36. The van der Waals surface area contributed by atoms with Gasteiger partial charge < -0.3 is 0 Å². The third-order valence-electron chi connectivity index (χ3n) is 2.76. The zero-order valence-corrected chi connectivity index (χ0v) is 15.6. The number of carbonyl (C=O) groups is 1. The van der Waals surface area contributed by atoms with Crippen LogP contribution in [0.3, 0.4) is 0 Å². The topological polar surface area (TPSA) is 92.3 Å². The van der Waals surface area contributed by atoms with Crippen molar-refractivity contribution in [1.29, 1.82) is 0 Å². The van der Waals surface area contributed by atoms with Crippen molar-refractivity contribution in [2.45, 2.75) is 4.34 Å². The number of aromatic nitrogens is 2. The monoisotopic (exact) mass is 402 g/mol. The molecule has 1 N–H and O–H groups in total. The number of nitrogens with zero attached hydrogens (tertiary/aromatic N) is 3. The van der Waals surface area contributed by atoms with Crippen LogP contribution >= 0.6 is 23.1 Å². The van der Waals surface area contributed by atoms with Crippen LogP contribution in [0.4, 0.5) is 15.2 Å². The summed E-state index contributed by atoms with van der Waals surface area (Å²) in [5.74, 6) is -0.546. The molecule has 1 amide bonds. The predicted molar refractivity (Wildman–Crippen MR) is 98.0 cm³/mol. The van der Waals surface area contributed by atoms with Crippen molar-refractivity contribution < 1.29 is 17.6 Å². The fourth-order valence-electron chi connectivity index (χ4n) is 1.77. The number of thioether (sulfide) groups is 1. The van der Waals surface area contributed by atoms with Crippen LogP contribution in [0.2, 0.25) is 0 Å². The van der Waals surface area contributed by atoms with E-state index in [4.69, 9.17) is 0 Å². The maximum Gasteiger partial charge on any atom is 0.246 e. The number of amides is 1. The van der Waals surface area contributed by atoms with Gasteiger partial charge in [0, 0.05) is 5.75 Å². The Kier molecular flexibility index (Phi) is 6.51. The number of halogens is 1. The average molecular weight is 402 g/mol. The molecule has 0 aliphatic heterocycles. The third-order valence-corrected chi connectivity index (χ3v) is 5.87. The van der Waals surface area contributed by atoms with Crippen LogP contribution in [0.5, 0.6) is 0 Å². The second kappa shape index (κ2) is 8.41. The Morgan fingerprint density at radius 1 is 1.48 bits per heavy atom. The van der Waals surface area contributed by atoms with E-state index in [1.54, 1.807) is 6.08 Å². The van der Waals surface area contributed by atoms with Crippen molar-refractivity contribution in [3.8, 4) is 0 Å². The molecule has 0 aliphatic rings. The summed E-state index contributed by atoms with van der Waals surface area (Å²) >= 11 is 2.58. The first-order chi connectivity index (χ1) is 11.8. The van der Waals surface area contributed by atoms with Crippen LogP contribution in [0.25, 0.3) is 0 Å². The van der Waals surface area contributed by atoms with E-state index in [0.717, 1.165) is 16.6 Å². The van der Waals surface area contributed by atoms with Gasteiger partial charge in [0.05, 0.1) is 11.9 Å². The molecule has 0 aliphatic carbocycles. The van der Waals surface area contributed by atoms with Crippen molar-refractivity contribution in [3.05, 3.63) is 42.7 Å². The molecule has 0 fully saturated rings. The van der Waals surface area contributed by atoms with Gasteiger partial charge in [0.2, 0.25) is 21.1 Å². The second-order valence-corrected chi connectivity index (χ2v) is 8.92. The highest BCUT2D eigenvalue weighted by atomic mass is 32.2. The molecular formula is C14H15FN4O3S3. The molecule has 0 saturated heterocycles. The molecule has 0 bridgehead atoms. The second-order valence-electron chi connectivity index (χ2n) is 4.77. The fourth-order valence-corrected chi connectivity index (χ4v) is 4.15. The van der Waals surface area contributed by atoms with Crippen LogP contribution in [0.1, 0.15) is 0 Å². The van der Waals surface area contributed by atoms with Gasteiger partial charge in [-0.2, -0.15) is 0 Å². The van der Waals surface area contributed by atoms with Gasteiger partial charge in [-0.1, -0.05) is 35.2 Å². The van der Waals surface area contributed by atoms with Gasteiger partial charge in [-0.25, -0.2) is 12.8 Å². The number of nitrogens with one attached hydrogen (secondary N) is 1. The van der Waals surface area contributed by atoms with Crippen LogP contribution in [-0.4, -0.2) is 43.1 Å². The standard InChI is InChI=1S/C14H15FN4O3S3/c1-3-7-23-14-18-17-13(24-14)16-12(20)9-19(25(2,21)22)11-6-4-5-10(15)8-11/h3-6,8H,1,7,9H2,2H3,(H,16,17,20). The number of hydrogen-bond acceptors (Lipinski definition) is 7. The maximum atomic E-state index is 13.4. The molecule has 2 aromatic rings. The van der Waals surface area contributed by atoms with Gasteiger partial charge in [0.25, 0.3) is 0 Å². The summed E-state index contributed by atoms with van der Waals surface area (Å²) in [6.07, 6.45) is 2.66. The number of carbonyl (C=O) groups excluding carboxylic acids is 1. The van der Waals surface area contributed by atoms with E-state index in [-0.39, 0.29) is 10.8 Å². The molecular weight excluding hydrogens is 387 g/mol. The zero-order valence-electron chi connectivity index (χ0n) is 13.2. The molecule has 2 rings (SSSR count). The Hall–Kier alpha value is -1.98. The molecule has 0 unspecified atom stereocenters. The number of sulfonamides is 1. The van der Waals surface area contributed by atoms with Gasteiger partial charge in [-0.05, 0) is 18.2 Å². The molecule has 1 aromatic heterocycles. The lowest BCUT2D eigenvalue weighted by Gasteiger charge is -2.21. The molecule has 11 heteroatoms. The minimum atomic E-state index is -3.77. The highest BCUT2D eigenvalue weighted by Gasteiger charge is 2.22. The molecule has 25 heavy (non-hydrogen) atoms. The first-order valence-corrected chi connectivity index (χ1v) is 10.5. The van der Waals surface area contributed by atoms with Gasteiger partial charge in [-0.15, -0.1) is 16.8 Å². The molecule has 1 aromatic carbocycles. The summed E-state index contributed by atoms with van der Waals surface area (Å²) in [6.45, 7) is 3.10. The Morgan fingerprint density at radius 3 is 2.88 bits per heavy atom. The van der Waals surface area contributed by atoms with E-state index >= 15 is 0 Å². The number of hydrogen-bond donors (Lipinski definition) is 1. The molecule has 134 valence electrons. The first-order valence-electron chi connectivity index (χ1n) is 6.90. The molecule has 0 spiro atoms. The lowest BCUT2D eigenvalue weighted by Crippen LogP contribution is -2.37. The summed E-state index contributed by atoms with van der Waals surface area (Å²) in [7, 11) is -3.77. The molecule has 7 nitrogen and oxygen atoms in total. The SMILES string of the molecule is C=CCSc1nnc(NC(=O)CN(c2cccc(F)c2)S(C)(=O)=O)s1. The van der Waals surface area contributed by atoms with Crippen LogP contribution in [0.15, 0.2) is 41.3 Å². The molecule has 0 radical (unpaired) electrons. The van der Waals surface area contributed by atoms with Gasteiger partial charge >= 0.3 is 0 Å². The van der Waals surface area contributed by atoms with Gasteiger partial charge in [0.1, 0.15) is 12.4 Å². The first kappa shape index (κ1) is 19.3. The molecule has 0 saturated carbocycles. The number of benzene rings is 1. The fraction of sp³-hybridized carbons (Fsp3) is 0.214. The minimum Gasteiger partial charge on any atom is -0.299 e. The summed E-state index contributed by atoms with van der Waals surface area (Å²) in [5.41, 5.74) is 0.0668. The van der Waals surface area contributed by atoms with Crippen molar-refractivity contribution in [1.82, 2.24) is 10.2 Å². The van der Waals surface area contributed by atoms with Crippen LogP contribution in [0, 0.1) is 5.82 Å². The van der Waals surface area contributed by atoms with Crippen molar-refractivity contribution in [3.63, 3.8) is 0 Å². The summed E-state index contributed by atoms with van der Waals surface area (Å²) in [6, 6.07) is 5.01. The van der Waals surface area contributed by atoms with E-state index < -0.39 is 28.3 Å². The van der Waals surface area contributed by atoms with Crippen LogP contribution < -0.4 is 9.62 Å². The smallest absolute Gasteiger partial charge is 0.246 e. The normalized spacial score (nSPS) is 11.1. The Labute approximate surface area is 153 Å². The Bertz CT molecular complexity index is 870. The minimum absolute atomic E-state index is 0.0668. The van der Waals surface area contributed by atoms with E-state index in [1.807, 2.05) is 0 Å². The van der Waals surface area contributed by atoms with Crippen molar-refractivity contribution >= 4 is 49.8 Å². The highest BCUT2D eigenvalue weighted by molar-refractivity contribution is 8.01. The summed E-state index contributed by atoms with van der Waals surface area (Å²) < 4.78 is 38.7. The Morgan fingerprint density at radius 2 is 2.24 bits per heavy atom. The largest absolute Gasteiger partial charge is 0.299 e. The average Bonchev–Trinajstić information content (AvgIpc) is 2.97. The van der Waals surface area contributed by atoms with E-state index in [9.17, 15) is 17.6 Å². The van der Waals surface area contributed by atoms with Crippen LogP contribution in [-0.2, 0) is 14.8 Å². The Balaban J connectivity index is 2.10. The van der Waals surface area contributed by atoms with Crippen molar-refractivity contribution in [2.24, 2.45) is 0 Å². The number of anilines is 2. The van der Waals surface area contributed by atoms with E-state index in [1.165, 1.54) is 41.3 Å². The lowest BCUT2D eigenvalue weighted by atomic mass is 10.3. The van der Waals surface area contributed by atoms with E-state index in [0.29, 0.717) is 10.1 Å². The molecule has 1 heterocycles.